The first-order valence-corrected chi connectivity index (χ1v) is 6.94. The van der Waals surface area contributed by atoms with Gasteiger partial charge in [0.15, 0.2) is 0 Å². The summed E-state index contributed by atoms with van der Waals surface area (Å²) in [6.45, 7) is 0.534. The molecular weight excluding hydrogens is 288 g/mol. The maximum absolute atomic E-state index is 12.1. The molecule has 0 unspecified atom stereocenters. The molecule has 3 N–H and O–H groups in total. The normalized spacial score (nSPS) is 10.2. The van der Waals surface area contributed by atoms with Gasteiger partial charge in [0.1, 0.15) is 5.75 Å². The highest BCUT2D eigenvalue weighted by Gasteiger charge is 2.09. The number of hydrogen-bond acceptors (Lipinski definition) is 3. The Morgan fingerprint density at radius 2 is 1.95 bits per heavy atom. The molecule has 4 nitrogen and oxygen atoms in total. The van der Waals surface area contributed by atoms with Crippen molar-refractivity contribution in [3.8, 4) is 5.75 Å². The SMILES string of the molecule is COc1ccc(C(=O)NCCc2ccc(Cl)cc2)c(N)c1. The molecule has 0 heterocycles. The molecule has 0 atom stereocenters. The van der Waals surface area contributed by atoms with E-state index in [1.54, 1.807) is 25.3 Å². The summed E-state index contributed by atoms with van der Waals surface area (Å²) in [5.74, 6) is 0.439. The van der Waals surface area contributed by atoms with Crippen molar-refractivity contribution in [2.45, 2.75) is 6.42 Å². The first-order chi connectivity index (χ1) is 10.1. The number of amides is 1. The average Bonchev–Trinajstić information content (AvgIpc) is 2.49. The number of hydrogen-bond donors (Lipinski definition) is 2. The van der Waals surface area contributed by atoms with Crippen LogP contribution < -0.4 is 15.8 Å². The molecule has 0 fully saturated rings. The predicted molar refractivity (Wildman–Crippen MR) is 84.9 cm³/mol. The zero-order valence-electron chi connectivity index (χ0n) is 11.7. The molecule has 0 aliphatic heterocycles. The van der Waals surface area contributed by atoms with Crippen LogP contribution in [0.4, 0.5) is 5.69 Å². The minimum absolute atomic E-state index is 0.191. The number of nitrogens with two attached hydrogens (primary N) is 1. The molecular formula is C16H17ClN2O2. The molecule has 0 aliphatic rings. The van der Waals surface area contributed by atoms with Gasteiger partial charge in [-0.1, -0.05) is 23.7 Å². The zero-order valence-corrected chi connectivity index (χ0v) is 12.5. The highest BCUT2D eigenvalue weighted by atomic mass is 35.5. The Balaban J connectivity index is 1.91. The van der Waals surface area contributed by atoms with Gasteiger partial charge in [0.25, 0.3) is 5.91 Å². The molecule has 2 rings (SSSR count). The lowest BCUT2D eigenvalue weighted by Gasteiger charge is -2.09. The smallest absolute Gasteiger partial charge is 0.253 e. The minimum Gasteiger partial charge on any atom is -0.497 e. The van der Waals surface area contributed by atoms with E-state index in [-0.39, 0.29) is 5.91 Å². The standard InChI is InChI=1S/C16H17ClN2O2/c1-21-13-6-7-14(15(18)10-13)16(20)19-9-8-11-2-4-12(17)5-3-11/h2-7,10H,8-9,18H2,1H3,(H,19,20). The highest BCUT2D eigenvalue weighted by molar-refractivity contribution is 6.30. The molecule has 2 aromatic rings. The summed E-state index contributed by atoms with van der Waals surface area (Å²) in [5, 5.41) is 3.55. The number of benzene rings is 2. The third-order valence-corrected chi connectivity index (χ3v) is 3.37. The van der Waals surface area contributed by atoms with Gasteiger partial charge in [0.05, 0.1) is 12.7 Å². The summed E-state index contributed by atoms with van der Waals surface area (Å²) >= 11 is 5.82. The summed E-state index contributed by atoms with van der Waals surface area (Å²) in [6.07, 6.45) is 0.735. The van der Waals surface area contributed by atoms with Crippen LogP contribution in [0, 0.1) is 0 Å². The van der Waals surface area contributed by atoms with Crippen LogP contribution in [0.2, 0.25) is 5.02 Å². The third-order valence-electron chi connectivity index (χ3n) is 3.12. The Morgan fingerprint density at radius 1 is 1.24 bits per heavy atom. The molecule has 21 heavy (non-hydrogen) atoms. The molecule has 0 radical (unpaired) electrons. The lowest BCUT2D eigenvalue weighted by atomic mass is 10.1. The molecule has 0 saturated carbocycles. The number of anilines is 1. The molecule has 0 spiro atoms. The van der Waals surface area contributed by atoms with Crippen LogP contribution in [0.15, 0.2) is 42.5 Å². The molecule has 5 heteroatoms. The maximum Gasteiger partial charge on any atom is 0.253 e. The van der Waals surface area contributed by atoms with Crippen molar-refractivity contribution in [2.75, 3.05) is 19.4 Å². The number of ether oxygens (including phenoxy) is 1. The summed E-state index contributed by atoms with van der Waals surface area (Å²) in [7, 11) is 1.56. The van der Waals surface area contributed by atoms with Crippen LogP contribution in [0.5, 0.6) is 5.75 Å². The number of rotatable bonds is 5. The van der Waals surface area contributed by atoms with Crippen LogP contribution in [0.3, 0.4) is 0 Å². The van der Waals surface area contributed by atoms with Gasteiger partial charge in [0, 0.05) is 23.3 Å². The predicted octanol–water partition coefficient (Wildman–Crippen LogP) is 2.90. The average molecular weight is 305 g/mol. The maximum atomic E-state index is 12.1. The molecule has 2 aromatic carbocycles. The molecule has 0 bridgehead atoms. The molecule has 0 saturated heterocycles. The van der Waals surface area contributed by atoms with Gasteiger partial charge in [-0.15, -0.1) is 0 Å². The number of nitrogen functional groups attached to an aromatic ring is 1. The Morgan fingerprint density at radius 3 is 2.57 bits per heavy atom. The molecule has 0 aromatic heterocycles. The third kappa shape index (κ3) is 4.13. The van der Waals surface area contributed by atoms with Gasteiger partial charge in [-0.2, -0.15) is 0 Å². The van der Waals surface area contributed by atoms with Crippen molar-refractivity contribution in [3.05, 3.63) is 58.6 Å². The van der Waals surface area contributed by atoms with E-state index in [1.165, 1.54) is 0 Å². The number of carbonyl (C=O) groups is 1. The molecule has 0 aliphatic carbocycles. The first-order valence-electron chi connectivity index (χ1n) is 6.56. The lowest BCUT2D eigenvalue weighted by Crippen LogP contribution is -2.26. The topological polar surface area (TPSA) is 64.3 Å². The van der Waals surface area contributed by atoms with Gasteiger partial charge in [-0.05, 0) is 36.2 Å². The minimum atomic E-state index is -0.191. The van der Waals surface area contributed by atoms with Crippen LogP contribution in [-0.4, -0.2) is 19.6 Å². The Hall–Kier alpha value is -2.20. The van der Waals surface area contributed by atoms with Crippen molar-refractivity contribution < 1.29 is 9.53 Å². The second-order valence-electron chi connectivity index (χ2n) is 4.59. The van der Waals surface area contributed by atoms with E-state index in [2.05, 4.69) is 5.32 Å². The Labute approximate surface area is 128 Å². The fourth-order valence-electron chi connectivity index (χ4n) is 1.94. The Bertz CT molecular complexity index is 627. The van der Waals surface area contributed by atoms with E-state index < -0.39 is 0 Å². The fourth-order valence-corrected chi connectivity index (χ4v) is 2.07. The van der Waals surface area contributed by atoms with Crippen LogP contribution >= 0.6 is 11.6 Å². The largest absolute Gasteiger partial charge is 0.497 e. The summed E-state index contributed by atoms with van der Waals surface area (Å²) < 4.78 is 5.06. The van der Waals surface area contributed by atoms with Crippen LogP contribution in [0.1, 0.15) is 15.9 Å². The number of halogens is 1. The number of nitrogens with one attached hydrogen (secondary N) is 1. The first kappa shape index (κ1) is 15.2. The molecule has 1 amide bonds. The van der Waals surface area contributed by atoms with Gasteiger partial charge in [-0.25, -0.2) is 0 Å². The van der Waals surface area contributed by atoms with E-state index in [0.29, 0.717) is 28.6 Å². The summed E-state index contributed by atoms with van der Waals surface area (Å²) in [4.78, 5) is 12.1. The van der Waals surface area contributed by atoms with Gasteiger partial charge >= 0.3 is 0 Å². The van der Waals surface area contributed by atoms with Gasteiger partial charge in [0.2, 0.25) is 0 Å². The van der Waals surface area contributed by atoms with Crippen LogP contribution in [-0.2, 0) is 6.42 Å². The van der Waals surface area contributed by atoms with E-state index in [0.717, 1.165) is 12.0 Å². The second kappa shape index (κ2) is 6.99. The van der Waals surface area contributed by atoms with E-state index in [1.807, 2.05) is 24.3 Å². The van der Waals surface area contributed by atoms with Crippen molar-refractivity contribution in [2.24, 2.45) is 0 Å². The van der Waals surface area contributed by atoms with E-state index >= 15 is 0 Å². The van der Waals surface area contributed by atoms with Crippen molar-refractivity contribution in [1.29, 1.82) is 0 Å². The van der Waals surface area contributed by atoms with Crippen molar-refractivity contribution >= 4 is 23.2 Å². The zero-order chi connectivity index (χ0) is 15.2. The fraction of sp³-hybridized carbons (Fsp3) is 0.188. The lowest BCUT2D eigenvalue weighted by molar-refractivity contribution is 0.0955. The number of methoxy groups -OCH3 is 1. The van der Waals surface area contributed by atoms with Crippen LogP contribution in [0.25, 0.3) is 0 Å². The monoisotopic (exact) mass is 304 g/mol. The highest BCUT2D eigenvalue weighted by Crippen LogP contribution is 2.19. The summed E-state index contributed by atoms with van der Waals surface area (Å²) in [5.41, 5.74) is 7.81. The number of carbonyl (C=O) groups excluding carboxylic acids is 1. The Kier molecular flexibility index (Phi) is 5.06. The second-order valence-corrected chi connectivity index (χ2v) is 5.02. The molecule has 110 valence electrons. The summed E-state index contributed by atoms with van der Waals surface area (Å²) in [6, 6.07) is 12.6. The van der Waals surface area contributed by atoms with Gasteiger partial charge in [-0.3, -0.25) is 4.79 Å². The van der Waals surface area contributed by atoms with E-state index in [4.69, 9.17) is 22.1 Å². The van der Waals surface area contributed by atoms with E-state index in [9.17, 15) is 4.79 Å². The van der Waals surface area contributed by atoms with Crippen molar-refractivity contribution in [3.63, 3.8) is 0 Å². The quantitative estimate of drug-likeness (QED) is 0.835. The van der Waals surface area contributed by atoms with Gasteiger partial charge < -0.3 is 15.8 Å². The van der Waals surface area contributed by atoms with Crippen molar-refractivity contribution in [1.82, 2.24) is 5.32 Å².